The highest BCUT2D eigenvalue weighted by molar-refractivity contribution is 7.99. The van der Waals surface area contributed by atoms with Crippen LogP contribution < -0.4 is 10.2 Å². The van der Waals surface area contributed by atoms with Crippen molar-refractivity contribution in [3.05, 3.63) is 59.1 Å². The Morgan fingerprint density at radius 2 is 1.87 bits per heavy atom. The molecule has 31 heavy (non-hydrogen) atoms. The number of anilines is 2. The third-order valence-corrected chi connectivity index (χ3v) is 6.12. The lowest BCUT2D eigenvalue weighted by Crippen LogP contribution is -2.22. The molecule has 3 aromatic rings. The number of amides is 1. The Hall–Kier alpha value is -2.84. The number of rotatable bonds is 7. The molecule has 1 aromatic heterocycles. The van der Waals surface area contributed by atoms with Crippen molar-refractivity contribution in [1.29, 1.82) is 0 Å². The van der Waals surface area contributed by atoms with Gasteiger partial charge in [-0.2, -0.15) is 0 Å². The average Bonchev–Trinajstić information content (AvgIpc) is 3.42. The topological polar surface area (TPSA) is 80.1 Å². The Morgan fingerprint density at radius 3 is 2.61 bits per heavy atom. The Labute approximate surface area is 189 Å². The Balaban J connectivity index is 1.52. The zero-order chi connectivity index (χ0) is 21.8. The van der Waals surface area contributed by atoms with E-state index in [0.717, 1.165) is 37.6 Å². The van der Waals surface area contributed by atoms with E-state index in [4.69, 9.17) is 11.6 Å². The van der Waals surface area contributed by atoms with Gasteiger partial charge in [0.2, 0.25) is 11.9 Å². The van der Waals surface area contributed by atoms with Gasteiger partial charge in [0.15, 0.2) is 10.9 Å². The number of thioether (sulfide) groups is 1. The summed E-state index contributed by atoms with van der Waals surface area (Å²) in [5.41, 5.74) is 2.00. The van der Waals surface area contributed by atoms with E-state index in [1.165, 1.54) is 18.7 Å². The number of hydrogen-bond donors (Lipinski definition) is 1. The lowest BCUT2D eigenvalue weighted by atomic mass is 10.1. The summed E-state index contributed by atoms with van der Waals surface area (Å²) < 4.78 is 1.95. The second-order valence-electron chi connectivity index (χ2n) is 7.27. The van der Waals surface area contributed by atoms with E-state index in [-0.39, 0.29) is 17.4 Å². The van der Waals surface area contributed by atoms with Crippen LogP contribution in [0.5, 0.6) is 0 Å². The summed E-state index contributed by atoms with van der Waals surface area (Å²) in [6.45, 7) is 3.35. The second kappa shape index (κ2) is 9.53. The highest BCUT2D eigenvalue weighted by Gasteiger charge is 2.23. The first kappa shape index (κ1) is 21.4. The summed E-state index contributed by atoms with van der Waals surface area (Å²) in [7, 11) is 0. The molecule has 0 atom stereocenters. The van der Waals surface area contributed by atoms with Gasteiger partial charge in [-0.1, -0.05) is 41.6 Å². The van der Waals surface area contributed by atoms with Crippen LogP contribution in [0.15, 0.2) is 53.7 Å². The van der Waals surface area contributed by atoms with E-state index >= 15 is 0 Å². The van der Waals surface area contributed by atoms with Crippen LogP contribution in [-0.4, -0.2) is 45.3 Å². The SMILES string of the molecule is CC(=O)c1cccc(NC(=O)CSc2nnc(N3CCCC3)n2-c2cccc(Cl)c2)c1. The smallest absolute Gasteiger partial charge is 0.234 e. The highest BCUT2D eigenvalue weighted by Crippen LogP contribution is 2.29. The van der Waals surface area contributed by atoms with Crippen molar-refractivity contribution >= 4 is 46.7 Å². The van der Waals surface area contributed by atoms with E-state index < -0.39 is 0 Å². The molecule has 0 unspecified atom stereocenters. The zero-order valence-electron chi connectivity index (χ0n) is 17.0. The molecule has 0 bridgehead atoms. The molecule has 0 spiro atoms. The van der Waals surface area contributed by atoms with Crippen LogP contribution in [0.2, 0.25) is 5.02 Å². The molecule has 2 heterocycles. The van der Waals surface area contributed by atoms with E-state index in [1.807, 2.05) is 28.8 Å². The third-order valence-electron chi connectivity index (χ3n) is 4.96. The van der Waals surface area contributed by atoms with Crippen molar-refractivity contribution in [3.63, 3.8) is 0 Å². The fourth-order valence-electron chi connectivity index (χ4n) is 3.46. The second-order valence-corrected chi connectivity index (χ2v) is 8.64. The summed E-state index contributed by atoms with van der Waals surface area (Å²) in [6, 6.07) is 14.4. The van der Waals surface area contributed by atoms with Crippen LogP contribution in [0.1, 0.15) is 30.1 Å². The summed E-state index contributed by atoms with van der Waals surface area (Å²) in [4.78, 5) is 26.3. The minimum absolute atomic E-state index is 0.0467. The number of Topliss-reactive ketones (excluding diaryl/α,β-unsaturated/α-hetero) is 1. The minimum atomic E-state index is -0.186. The average molecular weight is 456 g/mol. The van der Waals surface area contributed by atoms with Gasteiger partial charge >= 0.3 is 0 Å². The van der Waals surface area contributed by atoms with Crippen LogP contribution in [-0.2, 0) is 4.79 Å². The Bertz CT molecular complexity index is 1110. The van der Waals surface area contributed by atoms with Gasteiger partial charge in [0.1, 0.15) is 0 Å². The number of ketones is 1. The fraction of sp³-hybridized carbons (Fsp3) is 0.273. The highest BCUT2D eigenvalue weighted by atomic mass is 35.5. The van der Waals surface area contributed by atoms with Gasteiger partial charge in [-0.3, -0.25) is 14.2 Å². The molecule has 2 aromatic carbocycles. The molecule has 0 saturated carbocycles. The molecule has 160 valence electrons. The zero-order valence-corrected chi connectivity index (χ0v) is 18.6. The number of carbonyl (C=O) groups excluding carboxylic acids is 2. The maximum atomic E-state index is 12.5. The van der Waals surface area contributed by atoms with Gasteiger partial charge in [0, 0.05) is 29.4 Å². The molecule has 0 aliphatic carbocycles. The van der Waals surface area contributed by atoms with Crippen LogP contribution in [0.3, 0.4) is 0 Å². The first-order valence-corrected chi connectivity index (χ1v) is 11.4. The molecular formula is C22H22ClN5O2S. The van der Waals surface area contributed by atoms with E-state index in [1.54, 1.807) is 24.3 Å². The predicted octanol–water partition coefficient (Wildman–Crippen LogP) is 4.45. The lowest BCUT2D eigenvalue weighted by molar-refractivity contribution is -0.113. The molecule has 1 aliphatic heterocycles. The molecule has 7 nitrogen and oxygen atoms in total. The van der Waals surface area contributed by atoms with Gasteiger partial charge in [-0.25, -0.2) is 0 Å². The normalized spacial score (nSPS) is 13.4. The maximum absolute atomic E-state index is 12.5. The summed E-state index contributed by atoms with van der Waals surface area (Å²) in [6.07, 6.45) is 2.24. The number of nitrogens with zero attached hydrogens (tertiary/aromatic N) is 4. The van der Waals surface area contributed by atoms with Crippen LogP contribution in [0.4, 0.5) is 11.6 Å². The molecule has 9 heteroatoms. The largest absolute Gasteiger partial charge is 0.341 e. The number of halogens is 1. The summed E-state index contributed by atoms with van der Waals surface area (Å²) in [5.74, 6) is 0.684. The van der Waals surface area contributed by atoms with Gasteiger partial charge < -0.3 is 10.2 Å². The van der Waals surface area contributed by atoms with Crippen molar-refractivity contribution in [2.75, 3.05) is 29.1 Å². The van der Waals surface area contributed by atoms with Gasteiger partial charge in [-0.05, 0) is 50.1 Å². The Kier molecular flexibility index (Phi) is 6.58. The van der Waals surface area contributed by atoms with Gasteiger partial charge in [-0.15, -0.1) is 10.2 Å². The number of hydrogen-bond acceptors (Lipinski definition) is 6. The molecule has 1 N–H and O–H groups in total. The monoisotopic (exact) mass is 455 g/mol. The van der Waals surface area contributed by atoms with Crippen molar-refractivity contribution in [2.45, 2.75) is 24.9 Å². The first-order valence-electron chi connectivity index (χ1n) is 10.0. The van der Waals surface area contributed by atoms with E-state index in [9.17, 15) is 9.59 Å². The molecule has 4 rings (SSSR count). The van der Waals surface area contributed by atoms with Crippen molar-refractivity contribution in [3.8, 4) is 5.69 Å². The maximum Gasteiger partial charge on any atom is 0.234 e. The fourth-order valence-corrected chi connectivity index (χ4v) is 4.39. The Morgan fingerprint density at radius 1 is 1.10 bits per heavy atom. The van der Waals surface area contributed by atoms with E-state index in [2.05, 4.69) is 20.4 Å². The minimum Gasteiger partial charge on any atom is -0.341 e. The molecule has 1 saturated heterocycles. The third kappa shape index (κ3) is 5.08. The van der Waals surface area contributed by atoms with Gasteiger partial charge in [0.25, 0.3) is 0 Å². The summed E-state index contributed by atoms with van der Waals surface area (Å²) in [5, 5.41) is 12.8. The number of aromatic nitrogens is 3. The number of nitrogens with one attached hydrogen (secondary N) is 1. The van der Waals surface area contributed by atoms with Crippen molar-refractivity contribution in [1.82, 2.24) is 14.8 Å². The number of carbonyl (C=O) groups is 2. The van der Waals surface area contributed by atoms with Crippen LogP contribution >= 0.6 is 23.4 Å². The first-order chi connectivity index (χ1) is 15.0. The molecular weight excluding hydrogens is 434 g/mol. The van der Waals surface area contributed by atoms with Crippen molar-refractivity contribution < 1.29 is 9.59 Å². The molecule has 1 amide bonds. The van der Waals surface area contributed by atoms with Gasteiger partial charge in [0.05, 0.1) is 11.4 Å². The summed E-state index contributed by atoms with van der Waals surface area (Å²) >= 11 is 7.52. The predicted molar refractivity (Wildman–Crippen MR) is 124 cm³/mol. The quantitative estimate of drug-likeness (QED) is 0.418. The standard InChI is InChI=1S/C22H22ClN5O2S/c1-15(29)16-6-4-8-18(12-16)24-20(30)14-31-22-26-25-21(27-10-2-3-11-27)28(22)19-9-5-7-17(23)13-19/h4-9,12-13H,2-3,10-11,14H2,1H3,(H,24,30). The van der Waals surface area contributed by atoms with Crippen LogP contribution in [0, 0.1) is 0 Å². The molecule has 1 aliphatic rings. The molecule has 1 fully saturated rings. The van der Waals surface area contributed by atoms with Crippen molar-refractivity contribution in [2.24, 2.45) is 0 Å². The van der Waals surface area contributed by atoms with Crippen LogP contribution in [0.25, 0.3) is 5.69 Å². The molecule has 0 radical (unpaired) electrons. The lowest BCUT2D eigenvalue weighted by Gasteiger charge is -2.18. The van der Waals surface area contributed by atoms with E-state index in [0.29, 0.717) is 21.4 Å². The number of benzene rings is 2.